The Morgan fingerprint density at radius 2 is 2.62 bits per heavy atom. The number of carbonyl (C=O) groups is 1. The maximum absolute atomic E-state index is 10.1. The first-order valence-corrected chi connectivity index (χ1v) is 1.96. The lowest BCUT2D eigenvalue weighted by atomic mass is 10.6. The van der Waals surface area contributed by atoms with Gasteiger partial charge in [0, 0.05) is 0 Å². The van der Waals surface area contributed by atoms with E-state index in [1.807, 2.05) is 5.48 Å². The van der Waals surface area contributed by atoms with E-state index in [0.29, 0.717) is 0 Å². The largest absolute Gasteiger partial charge is 0.368 e. The van der Waals surface area contributed by atoms with Gasteiger partial charge in [-0.15, -0.1) is 0 Å². The smallest absolute Gasteiger partial charge is 0.267 e. The van der Waals surface area contributed by atoms with Crippen molar-refractivity contribution in [3.8, 4) is 0 Å². The Morgan fingerprint density at radius 1 is 2.00 bits per heavy atom. The molecule has 4 nitrogen and oxygen atoms in total. The standard InChI is InChI=1S/C4H7NO3/c1-2-4(7)5-8-3-6/h2,6H,1,3H2,(H,5,7). The van der Waals surface area contributed by atoms with Crippen LogP contribution in [0.5, 0.6) is 0 Å². The van der Waals surface area contributed by atoms with Gasteiger partial charge in [-0.25, -0.2) is 10.3 Å². The quantitative estimate of drug-likeness (QED) is 0.288. The summed E-state index contributed by atoms with van der Waals surface area (Å²) in [5.74, 6) is -0.473. The normalized spacial score (nSPS) is 8.12. The molecule has 0 aliphatic carbocycles. The highest BCUT2D eigenvalue weighted by molar-refractivity contribution is 5.85. The van der Waals surface area contributed by atoms with Crippen LogP contribution >= 0.6 is 0 Å². The molecule has 0 radical (unpaired) electrons. The molecule has 0 aliphatic rings. The summed E-state index contributed by atoms with van der Waals surface area (Å²) in [5.41, 5.74) is 1.88. The topological polar surface area (TPSA) is 58.6 Å². The van der Waals surface area contributed by atoms with Crippen molar-refractivity contribution in [1.29, 1.82) is 0 Å². The van der Waals surface area contributed by atoms with Crippen LogP contribution in [0.3, 0.4) is 0 Å². The minimum atomic E-state index is -0.528. The van der Waals surface area contributed by atoms with Gasteiger partial charge in [0.15, 0.2) is 6.79 Å². The van der Waals surface area contributed by atoms with Crippen LogP contribution in [-0.4, -0.2) is 17.8 Å². The molecule has 0 unspecified atom stereocenters. The molecule has 0 aliphatic heterocycles. The predicted octanol–water partition coefficient (Wildman–Crippen LogP) is -0.830. The Bertz CT molecular complexity index is 91.3. The molecule has 0 fully saturated rings. The predicted molar refractivity (Wildman–Crippen MR) is 26.5 cm³/mol. The number of hydroxylamine groups is 1. The third-order valence-electron chi connectivity index (χ3n) is 0.423. The molecule has 0 rings (SSSR count). The van der Waals surface area contributed by atoms with Crippen molar-refractivity contribution >= 4 is 5.91 Å². The van der Waals surface area contributed by atoms with Crippen molar-refractivity contribution in [2.45, 2.75) is 0 Å². The monoisotopic (exact) mass is 117 g/mol. The zero-order valence-electron chi connectivity index (χ0n) is 4.26. The van der Waals surface area contributed by atoms with E-state index in [1.54, 1.807) is 0 Å². The van der Waals surface area contributed by atoms with E-state index in [9.17, 15) is 4.79 Å². The molecule has 8 heavy (non-hydrogen) atoms. The molecule has 0 bridgehead atoms. The van der Waals surface area contributed by atoms with Crippen molar-refractivity contribution in [2.75, 3.05) is 6.79 Å². The van der Waals surface area contributed by atoms with Gasteiger partial charge < -0.3 is 5.11 Å². The summed E-state index contributed by atoms with van der Waals surface area (Å²) in [6.07, 6.45) is 1.04. The second-order valence-corrected chi connectivity index (χ2v) is 0.944. The highest BCUT2D eigenvalue weighted by Crippen LogP contribution is 1.64. The number of nitrogens with one attached hydrogen (secondary N) is 1. The number of aliphatic hydroxyl groups is 1. The minimum Gasteiger partial charge on any atom is -0.368 e. The Labute approximate surface area is 46.7 Å². The van der Waals surface area contributed by atoms with Crippen LogP contribution < -0.4 is 5.48 Å². The van der Waals surface area contributed by atoms with Gasteiger partial charge in [-0.05, 0) is 6.08 Å². The third-order valence-corrected chi connectivity index (χ3v) is 0.423. The SMILES string of the molecule is C=CC(=O)NOCO. The van der Waals surface area contributed by atoms with Crippen LogP contribution in [-0.2, 0) is 9.63 Å². The Balaban J connectivity index is 3.11. The van der Waals surface area contributed by atoms with Gasteiger partial charge in [0.2, 0.25) is 0 Å². The second kappa shape index (κ2) is 4.29. The van der Waals surface area contributed by atoms with Gasteiger partial charge in [0.25, 0.3) is 5.91 Å². The van der Waals surface area contributed by atoms with Crippen molar-refractivity contribution in [2.24, 2.45) is 0 Å². The lowest BCUT2D eigenvalue weighted by Gasteiger charge is -1.95. The summed E-state index contributed by atoms with van der Waals surface area (Å²) < 4.78 is 0. The van der Waals surface area contributed by atoms with Crippen LogP contribution in [0.15, 0.2) is 12.7 Å². The van der Waals surface area contributed by atoms with Crippen molar-refractivity contribution in [3.05, 3.63) is 12.7 Å². The van der Waals surface area contributed by atoms with Crippen LogP contribution in [0.25, 0.3) is 0 Å². The van der Waals surface area contributed by atoms with Crippen molar-refractivity contribution in [1.82, 2.24) is 5.48 Å². The number of hydrogen-bond donors (Lipinski definition) is 2. The zero-order chi connectivity index (χ0) is 6.41. The van der Waals surface area contributed by atoms with E-state index < -0.39 is 12.7 Å². The van der Waals surface area contributed by atoms with Gasteiger partial charge in [-0.3, -0.25) is 4.79 Å². The molecule has 4 heteroatoms. The average molecular weight is 117 g/mol. The molecule has 0 saturated heterocycles. The fraction of sp³-hybridized carbons (Fsp3) is 0.250. The first-order valence-electron chi connectivity index (χ1n) is 1.96. The summed E-state index contributed by atoms with van der Waals surface area (Å²) in [6.45, 7) is 2.61. The summed E-state index contributed by atoms with van der Waals surface area (Å²) in [5, 5.41) is 7.94. The van der Waals surface area contributed by atoms with Crippen LogP contribution in [0.4, 0.5) is 0 Å². The Hall–Kier alpha value is -0.870. The number of carbonyl (C=O) groups excluding carboxylic acids is 1. The highest BCUT2D eigenvalue weighted by atomic mass is 16.7. The van der Waals surface area contributed by atoms with E-state index >= 15 is 0 Å². The van der Waals surface area contributed by atoms with Crippen LogP contribution in [0.1, 0.15) is 0 Å². The fourth-order valence-corrected chi connectivity index (χ4v) is 0.145. The molecule has 0 spiro atoms. The van der Waals surface area contributed by atoms with Gasteiger partial charge in [0.05, 0.1) is 0 Å². The zero-order valence-corrected chi connectivity index (χ0v) is 4.26. The molecule has 0 aromatic heterocycles. The number of rotatable bonds is 3. The van der Waals surface area contributed by atoms with E-state index in [-0.39, 0.29) is 0 Å². The van der Waals surface area contributed by atoms with Crippen LogP contribution in [0.2, 0.25) is 0 Å². The van der Waals surface area contributed by atoms with E-state index in [0.717, 1.165) is 6.08 Å². The molecule has 46 valence electrons. The molecular weight excluding hydrogens is 110 g/mol. The average Bonchev–Trinajstić information content (AvgIpc) is 1.83. The second-order valence-electron chi connectivity index (χ2n) is 0.944. The molecule has 0 saturated carbocycles. The first-order chi connectivity index (χ1) is 3.81. The lowest BCUT2D eigenvalue weighted by Crippen LogP contribution is -2.21. The lowest BCUT2D eigenvalue weighted by molar-refractivity contribution is -0.136. The molecule has 0 aromatic carbocycles. The molecule has 0 atom stereocenters. The fourth-order valence-electron chi connectivity index (χ4n) is 0.145. The summed E-state index contributed by atoms with van der Waals surface area (Å²) >= 11 is 0. The van der Waals surface area contributed by atoms with Gasteiger partial charge in [0.1, 0.15) is 0 Å². The van der Waals surface area contributed by atoms with Gasteiger partial charge >= 0.3 is 0 Å². The molecule has 0 heterocycles. The Morgan fingerprint density at radius 3 is 3.00 bits per heavy atom. The van der Waals surface area contributed by atoms with Crippen molar-refractivity contribution < 1.29 is 14.7 Å². The number of amides is 1. The maximum Gasteiger partial charge on any atom is 0.267 e. The summed E-state index contributed by atoms with van der Waals surface area (Å²) in [6, 6.07) is 0. The van der Waals surface area contributed by atoms with Gasteiger partial charge in [-0.2, -0.15) is 0 Å². The Kier molecular flexibility index (Phi) is 3.83. The summed E-state index contributed by atoms with van der Waals surface area (Å²) in [4.78, 5) is 14.2. The van der Waals surface area contributed by atoms with E-state index in [1.165, 1.54) is 0 Å². The molecule has 2 N–H and O–H groups in total. The van der Waals surface area contributed by atoms with Crippen LogP contribution in [0, 0.1) is 0 Å². The number of aliphatic hydroxyl groups excluding tert-OH is 1. The third kappa shape index (κ3) is 3.32. The van der Waals surface area contributed by atoms with E-state index in [4.69, 9.17) is 5.11 Å². The minimum absolute atomic E-state index is 0.473. The first kappa shape index (κ1) is 7.13. The van der Waals surface area contributed by atoms with E-state index in [2.05, 4.69) is 11.4 Å². The molecular formula is C4H7NO3. The molecule has 1 amide bonds. The van der Waals surface area contributed by atoms with Crippen molar-refractivity contribution in [3.63, 3.8) is 0 Å². The number of hydrogen-bond acceptors (Lipinski definition) is 3. The summed E-state index contributed by atoms with van der Waals surface area (Å²) in [7, 11) is 0. The maximum atomic E-state index is 10.1. The van der Waals surface area contributed by atoms with Gasteiger partial charge in [-0.1, -0.05) is 6.58 Å². The molecule has 0 aromatic rings. The highest BCUT2D eigenvalue weighted by Gasteiger charge is 1.87.